The normalized spacial score (nSPS) is 38.5. The van der Waals surface area contributed by atoms with Gasteiger partial charge < -0.3 is 9.47 Å². The van der Waals surface area contributed by atoms with Gasteiger partial charge in [0.15, 0.2) is 0 Å². The van der Waals surface area contributed by atoms with Crippen LogP contribution >= 0.6 is 0 Å². The molecule has 2 heterocycles. The first kappa shape index (κ1) is 24.0. The molecule has 0 aromatic heterocycles. The topological polar surface area (TPSA) is 52.6 Å². The van der Waals surface area contributed by atoms with Crippen LogP contribution in [0.15, 0.2) is 46.5 Å². The molecule has 8 rings (SSSR count). The van der Waals surface area contributed by atoms with Crippen molar-refractivity contribution >= 4 is 11.9 Å². The lowest BCUT2D eigenvalue weighted by Gasteiger charge is -2.54. The van der Waals surface area contributed by atoms with E-state index in [9.17, 15) is 9.59 Å². The van der Waals surface area contributed by atoms with E-state index in [0.717, 1.165) is 72.7 Å². The summed E-state index contributed by atoms with van der Waals surface area (Å²) < 4.78 is 12.2. The molecule has 4 heteroatoms. The molecule has 4 nitrogen and oxygen atoms in total. The number of rotatable bonds is 5. The fraction of sp³-hybridized carbons (Fsp3) is 0.697. The Morgan fingerprint density at radius 1 is 0.946 bits per heavy atom. The van der Waals surface area contributed by atoms with Gasteiger partial charge in [0.1, 0.15) is 11.5 Å². The van der Waals surface area contributed by atoms with E-state index < -0.39 is 5.41 Å². The van der Waals surface area contributed by atoms with Gasteiger partial charge in [0, 0.05) is 22.6 Å². The second-order valence-electron chi connectivity index (χ2n) is 13.2. The molecule has 1 spiro atoms. The Bertz CT molecular complexity index is 1120. The van der Waals surface area contributed by atoms with Crippen molar-refractivity contribution < 1.29 is 19.1 Å². The van der Waals surface area contributed by atoms with Crippen LogP contribution < -0.4 is 0 Å². The van der Waals surface area contributed by atoms with Crippen LogP contribution in [0.2, 0.25) is 0 Å². The molecule has 0 aromatic carbocycles. The van der Waals surface area contributed by atoms with E-state index >= 15 is 0 Å². The summed E-state index contributed by atoms with van der Waals surface area (Å²) in [4.78, 5) is 26.8. The first-order valence-corrected chi connectivity index (χ1v) is 15.4. The number of hydrogen-bond acceptors (Lipinski definition) is 4. The zero-order valence-corrected chi connectivity index (χ0v) is 22.5. The maximum Gasteiger partial charge on any atom is 0.340 e. The van der Waals surface area contributed by atoms with Gasteiger partial charge in [0.05, 0.1) is 5.41 Å². The van der Waals surface area contributed by atoms with Crippen molar-refractivity contribution in [1.82, 2.24) is 0 Å². The lowest BCUT2D eigenvalue weighted by Crippen LogP contribution is -2.50. The summed E-state index contributed by atoms with van der Waals surface area (Å²) in [5.74, 6) is 2.95. The van der Waals surface area contributed by atoms with Crippen molar-refractivity contribution in [2.45, 2.75) is 110 Å². The number of carbonyl (C=O) groups excluding carboxylic acids is 2. The predicted octanol–water partition coefficient (Wildman–Crippen LogP) is 7.86. The average molecular weight is 503 g/mol. The fourth-order valence-electron chi connectivity index (χ4n) is 9.57. The molecule has 2 bridgehead atoms. The Kier molecular flexibility index (Phi) is 5.82. The second kappa shape index (κ2) is 8.99. The Morgan fingerprint density at radius 2 is 1.76 bits per heavy atom. The van der Waals surface area contributed by atoms with Gasteiger partial charge in [-0.15, -0.1) is 0 Å². The highest BCUT2D eigenvalue weighted by Crippen LogP contribution is 2.68. The summed E-state index contributed by atoms with van der Waals surface area (Å²) in [5.41, 5.74) is 2.58. The molecule has 0 amide bonds. The first-order chi connectivity index (χ1) is 18.0. The molecule has 8 aliphatic rings. The van der Waals surface area contributed by atoms with E-state index in [0.29, 0.717) is 11.8 Å². The van der Waals surface area contributed by atoms with E-state index in [1.165, 1.54) is 64.2 Å². The van der Waals surface area contributed by atoms with Gasteiger partial charge in [-0.05, 0) is 93.1 Å². The third-order valence-corrected chi connectivity index (χ3v) is 11.6. The van der Waals surface area contributed by atoms with Gasteiger partial charge in [0.25, 0.3) is 0 Å². The average Bonchev–Trinajstić information content (AvgIpc) is 3.61. The summed E-state index contributed by atoms with van der Waals surface area (Å²) in [6.45, 7) is 2.27. The fourth-order valence-corrected chi connectivity index (χ4v) is 9.57. The van der Waals surface area contributed by atoms with E-state index in [1.54, 1.807) is 0 Å². The number of cyclic esters (lactones) is 2. The minimum Gasteiger partial charge on any atom is -0.427 e. The first-order valence-electron chi connectivity index (χ1n) is 15.4. The summed E-state index contributed by atoms with van der Waals surface area (Å²) in [6.07, 6.45) is 25.7. The second-order valence-corrected chi connectivity index (χ2v) is 13.2. The quantitative estimate of drug-likeness (QED) is 0.359. The molecule has 2 aliphatic heterocycles. The van der Waals surface area contributed by atoms with Crippen molar-refractivity contribution in [3.05, 3.63) is 46.5 Å². The summed E-state index contributed by atoms with van der Waals surface area (Å²) >= 11 is 0. The lowest BCUT2D eigenvalue weighted by atomic mass is 9.47. The molecule has 4 fully saturated rings. The molecule has 4 atom stereocenters. The highest BCUT2D eigenvalue weighted by Gasteiger charge is 2.66. The maximum absolute atomic E-state index is 13.6. The van der Waals surface area contributed by atoms with Crippen LogP contribution in [0.1, 0.15) is 110 Å². The molecule has 0 radical (unpaired) electrons. The molecule has 198 valence electrons. The molecule has 6 aliphatic carbocycles. The number of allylic oxidation sites excluding steroid dienone is 5. The van der Waals surface area contributed by atoms with Gasteiger partial charge in [-0.1, -0.05) is 57.9 Å². The zero-order chi connectivity index (χ0) is 25.2. The maximum atomic E-state index is 13.6. The Morgan fingerprint density at radius 3 is 2.54 bits per heavy atom. The number of ether oxygens (including phenoxy) is 2. The SMILES string of the molecule is CCC1(C=C2OC(=O)C3=C2CCC2C4C=C5C(=O)OC(=CCCC6CCCCC6)C5(CC4)C32)CCCC1. The predicted molar refractivity (Wildman–Crippen MR) is 142 cm³/mol. The molecule has 4 unspecified atom stereocenters. The van der Waals surface area contributed by atoms with Crippen molar-refractivity contribution in [2.24, 2.45) is 34.5 Å². The Labute approximate surface area is 221 Å². The van der Waals surface area contributed by atoms with Crippen molar-refractivity contribution in [3.8, 4) is 0 Å². The molecule has 3 saturated carbocycles. The third-order valence-electron chi connectivity index (χ3n) is 11.6. The van der Waals surface area contributed by atoms with Crippen LogP contribution in [-0.4, -0.2) is 11.9 Å². The Balaban J connectivity index is 1.26. The minimum atomic E-state index is -0.464. The lowest BCUT2D eigenvalue weighted by molar-refractivity contribution is -0.135. The third kappa shape index (κ3) is 3.60. The van der Waals surface area contributed by atoms with Crippen LogP contribution in [0.4, 0.5) is 0 Å². The van der Waals surface area contributed by atoms with Gasteiger partial charge in [0.2, 0.25) is 0 Å². The van der Waals surface area contributed by atoms with E-state index in [-0.39, 0.29) is 23.3 Å². The minimum absolute atomic E-state index is 0.0157. The molecule has 37 heavy (non-hydrogen) atoms. The van der Waals surface area contributed by atoms with E-state index in [2.05, 4.69) is 25.2 Å². The highest BCUT2D eigenvalue weighted by atomic mass is 16.5. The smallest absolute Gasteiger partial charge is 0.340 e. The van der Waals surface area contributed by atoms with Gasteiger partial charge in [-0.3, -0.25) is 0 Å². The largest absolute Gasteiger partial charge is 0.427 e. The summed E-state index contributed by atoms with van der Waals surface area (Å²) in [7, 11) is 0. The molecular weight excluding hydrogens is 460 g/mol. The van der Waals surface area contributed by atoms with Crippen LogP contribution in [0.25, 0.3) is 0 Å². The molecule has 1 saturated heterocycles. The van der Waals surface area contributed by atoms with Gasteiger partial charge in [-0.2, -0.15) is 0 Å². The van der Waals surface area contributed by atoms with Crippen LogP contribution in [0.3, 0.4) is 0 Å². The van der Waals surface area contributed by atoms with Crippen molar-refractivity contribution in [1.29, 1.82) is 0 Å². The number of hydrogen-bond donors (Lipinski definition) is 0. The zero-order valence-electron chi connectivity index (χ0n) is 22.5. The van der Waals surface area contributed by atoms with Crippen molar-refractivity contribution in [2.75, 3.05) is 0 Å². The monoisotopic (exact) mass is 502 g/mol. The highest BCUT2D eigenvalue weighted by molar-refractivity contribution is 5.99. The van der Waals surface area contributed by atoms with E-state index in [1.807, 2.05) is 0 Å². The molecule has 0 aromatic rings. The van der Waals surface area contributed by atoms with Crippen LogP contribution in [0.5, 0.6) is 0 Å². The standard InChI is InChI=1S/C33H42O4/c1-2-32(16-6-7-17-32)20-26-24-14-13-23-22-15-18-33(29(23)28(24)31(35)36-26)25(19-22)30(34)37-27(33)12-8-11-21-9-4-3-5-10-21/h12,19-23,29H,2-11,13-18H2,1H3. The van der Waals surface area contributed by atoms with Gasteiger partial charge in [-0.25, -0.2) is 9.59 Å². The van der Waals surface area contributed by atoms with Crippen LogP contribution in [0, 0.1) is 34.5 Å². The molecular formula is C33H42O4. The van der Waals surface area contributed by atoms with E-state index in [4.69, 9.17) is 9.47 Å². The number of esters is 2. The van der Waals surface area contributed by atoms with Crippen LogP contribution in [-0.2, 0) is 19.1 Å². The Hall–Kier alpha value is -2.10. The van der Waals surface area contributed by atoms with Crippen molar-refractivity contribution in [3.63, 3.8) is 0 Å². The summed E-state index contributed by atoms with van der Waals surface area (Å²) in [6, 6.07) is 0. The van der Waals surface area contributed by atoms with Gasteiger partial charge >= 0.3 is 11.9 Å². The summed E-state index contributed by atoms with van der Waals surface area (Å²) in [5, 5.41) is 0. The number of fused-ring (bicyclic) bond motifs is 1. The molecule has 0 N–H and O–H groups in total. The number of carbonyl (C=O) groups is 2.